The van der Waals surface area contributed by atoms with E-state index in [1.807, 2.05) is 34.5 Å². The van der Waals surface area contributed by atoms with Crippen molar-refractivity contribution in [2.24, 2.45) is 0 Å². The normalized spacial score (nSPS) is 14.1. The fourth-order valence-corrected chi connectivity index (χ4v) is 3.93. The highest BCUT2D eigenvalue weighted by Crippen LogP contribution is 2.27. The van der Waals surface area contributed by atoms with Crippen molar-refractivity contribution < 1.29 is 13.9 Å². The van der Waals surface area contributed by atoms with Gasteiger partial charge in [-0.2, -0.15) is 0 Å². The van der Waals surface area contributed by atoms with Crippen molar-refractivity contribution in [2.45, 2.75) is 25.9 Å². The van der Waals surface area contributed by atoms with E-state index in [0.717, 1.165) is 37.2 Å². The number of amides is 1. The Morgan fingerprint density at radius 3 is 2.75 bits per heavy atom. The van der Waals surface area contributed by atoms with Crippen molar-refractivity contribution in [1.82, 2.24) is 9.88 Å². The molecule has 1 fully saturated rings. The Bertz CT molecular complexity index is 953. The molecule has 2 heterocycles. The molecule has 0 N–H and O–H groups in total. The zero-order valence-electron chi connectivity index (χ0n) is 15.4. The molecule has 3 aromatic rings. The van der Waals surface area contributed by atoms with Crippen LogP contribution in [-0.4, -0.2) is 28.9 Å². The number of ether oxygens (including phenoxy) is 1. The predicted octanol–water partition coefficient (Wildman–Crippen LogP) is 5.15. The second-order valence-electron chi connectivity index (χ2n) is 6.88. The maximum Gasteiger partial charge on any atom is 0.253 e. The Hall–Kier alpha value is -2.73. The SMILES string of the molecule is O=C(c1cccc(-c2cc(F)cc(OCc3cscn3)c2)c1)N1CCCCC1. The van der Waals surface area contributed by atoms with Gasteiger partial charge in [0, 0.05) is 30.1 Å². The first kappa shape index (κ1) is 18.6. The van der Waals surface area contributed by atoms with Gasteiger partial charge in [-0.25, -0.2) is 9.37 Å². The molecule has 1 amide bonds. The summed E-state index contributed by atoms with van der Waals surface area (Å²) in [7, 11) is 0. The highest BCUT2D eigenvalue weighted by atomic mass is 32.1. The summed E-state index contributed by atoms with van der Waals surface area (Å²) in [4.78, 5) is 18.8. The molecule has 1 aliphatic heterocycles. The van der Waals surface area contributed by atoms with E-state index in [4.69, 9.17) is 4.74 Å². The molecule has 1 aromatic heterocycles. The van der Waals surface area contributed by atoms with E-state index in [0.29, 0.717) is 23.5 Å². The zero-order valence-corrected chi connectivity index (χ0v) is 16.3. The van der Waals surface area contributed by atoms with Crippen LogP contribution in [0.25, 0.3) is 11.1 Å². The molecule has 2 aromatic carbocycles. The van der Waals surface area contributed by atoms with E-state index < -0.39 is 0 Å². The minimum atomic E-state index is -0.376. The van der Waals surface area contributed by atoms with Gasteiger partial charge in [-0.3, -0.25) is 4.79 Å². The molecular formula is C22H21FN2O2S. The summed E-state index contributed by atoms with van der Waals surface area (Å²) in [5.41, 5.74) is 4.65. The second-order valence-corrected chi connectivity index (χ2v) is 7.60. The Balaban J connectivity index is 1.55. The Labute approximate surface area is 167 Å². The lowest BCUT2D eigenvalue weighted by atomic mass is 10.0. The smallest absolute Gasteiger partial charge is 0.253 e. The number of benzene rings is 2. The van der Waals surface area contributed by atoms with Crippen LogP contribution in [0.5, 0.6) is 5.75 Å². The van der Waals surface area contributed by atoms with Crippen molar-refractivity contribution in [3.63, 3.8) is 0 Å². The minimum absolute atomic E-state index is 0.0398. The first-order valence-electron chi connectivity index (χ1n) is 9.39. The number of likely N-dealkylation sites (tertiary alicyclic amines) is 1. The minimum Gasteiger partial charge on any atom is -0.487 e. The predicted molar refractivity (Wildman–Crippen MR) is 108 cm³/mol. The summed E-state index contributed by atoms with van der Waals surface area (Å²) in [6, 6.07) is 12.0. The topological polar surface area (TPSA) is 42.4 Å². The third-order valence-electron chi connectivity index (χ3n) is 4.83. The molecule has 0 atom stereocenters. The van der Waals surface area contributed by atoms with Crippen LogP contribution in [0.1, 0.15) is 35.3 Å². The van der Waals surface area contributed by atoms with E-state index >= 15 is 0 Å². The van der Waals surface area contributed by atoms with Crippen LogP contribution in [0.3, 0.4) is 0 Å². The van der Waals surface area contributed by atoms with Gasteiger partial charge >= 0.3 is 0 Å². The molecule has 0 aliphatic carbocycles. The molecule has 0 spiro atoms. The van der Waals surface area contributed by atoms with Crippen LogP contribution in [-0.2, 0) is 6.61 Å². The molecule has 0 bridgehead atoms. The Kier molecular flexibility index (Phi) is 5.67. The monoisotopic (exact) mass is 396 g/mol. The van der Waals surface area contributed by atoms with Gasteiger partial charge in [0.25, 0.3) is 5.91 Å². The highest BCUT2D eigenvalue weighted by molar-refractivity contribution is 7.07. The number of carbonyl (C=O) groups excluding carboxylic acids is 1. The number of piperidine rings is 1. The highest BCUT2D eigenvalue weighted by Gasteiger charge is 2.18. The van der Waals surface area contributed by atoms with Gasteiger partial charge in [0.15, 0.2) is 0 Å². The number of halogens is 1. The van der Waals surface area contributed by atoms with Gasteiger partial charge in [-0.05, 0) is 54.7 Å². The fourth-order valence-electron chi connectivity index (χ4n) is 3.39. The van der Waals surface area contributed by atoms with Crippen molar-refractivity contribution in [2.75, 3.05) is 13.1 Å². The molecule has 4 nitrogen and oxygen atoms in total. The average Bonchev–Trinajstić information content (AvgIpc) is 3.26. The summed E-state index contributed by atoms with van der Waals surface area (Å²) in [6.45, 7) is 1.90. The number of hydrogen-bond donors (Lipinski definition) is 0. The van der Waals surface area contributed by atoms with Crippen molar-refractivity contribution in [1.29, 1.82) is 0 Å². The van der Waals surface area contributed by atoms with Crippen molar-refractivity contribution in [3.05, 3.63) is 70.4 Å². The standard InChI is InChI=1S/C22H21FN2O2S/c23-19-10-18(11-21(12-19)27-13-20-14-28-15-24-20)16-5-4-6-17(9-16)22(26)25-7-2-1-3-8-25/h4-6,9-12,14-15H,1-3,7-8,13H2. The van der Waals surface area contributed by atoms with Crippen molar-refractivity contribution >= 4 is 17.2 Å². The third kappa shape index (κ3) is 4.39. The molecule has 28 heavy (non-hydrogen) atoms. The van der Waals surface area contributed by atoms with E-state index in [2.05, 4.69) is 4.98 Å². The second kappa shape index (κ2) is 8.52. The number of hydrogen-bond acceptors (Lipinski definition) is 4. The van der Waals surface area contributed by atoms with E-state index in [9.17, 15) is 9.18 Å². The van der Waals surface area contributed by atoms with Gasteiger partial charge in [0.05, 0.1) is 11.2 Å². The van der Waals surface area contributed by atoms with Crippen LogP contribution in [0.2, 0.25) is 0 Å². The molecule has 0 radical (unpaired) electrons. The van der Waals surface area contributed by atoms with Crippen LogP contribution in [0.4, 0.5) is 4.39 Å². The van der Waals surface area contributed by atoms with Crippen LogP contribution < -0.4 is 4.74 Å². The first-order valence-corrected chi connectivity index (χ1v) is 10.3. The number of carbonyl (C=O) groups is 1. The van der Waals surface area contributed by atoms with Gasteiger partial charge in [-0.1, -0.05) is 12.1 Å². The Morgan fingerprint density at radius 1 is 1.11 bits per heavy atom. The average molecular weight is 396 g/mol. The molecule has 1 aliphatic rings. The summed E-state index contributed by atoms with van der Waals surface area (Å²) < 4.78 is 19.9. The number of thiazole rings is 1. The van der Waals surface area contributed by atoms with Gasteiger partial charge < -0.3 is 9.64 Å². The van der Waals surface area contributed by atoms with Crippen molar-refractivity contribution in [3.8, 4) is 16.9 Å². The van der Waals surface area contributed by atoms with Gasteiger partial charge in [0.2, 0.25) is 0 Å². The third-order valence-corrected chi connectivity index (χ3v) is 5.46. The first-order chi connectivity index (χ1) is 13.7. The molecule has 0 unspecified atom stereocenters. The molecule has 1 saturated heterocycles. The number of aromatic nitrogens is 1. The maximum absolute atomic E-state index is 14.2. The quantitative estimate of drug-likeness (QED) is 0.599. The summed E-state index contributed by atoms with van der Waals surface area (Å²) in [5, 5.41) is 1.90. The van der Waals surface area contributed by atoms with E-state index in [1.165, 1.54) is 29.9 Å². The molecule has 4 rings (SSSR count). The lowest BCUT2D eigenvalue weighted by Gasteiger charge is -2.26. The van der Waals surface area contributed by atoms with Gasteiger partial charge in [-0.15, -0.1) is 11.3 Å². The number of nitrogens with zero attached hydrogens (tertiary/aromatic N) is 2. The molecule has 144 valence electrons. The fraction of sp³-hybridized carbons (Fsp3) is 0.273. The van der Waals surface area contributed by atoms with Crippen LogP contribution in [0, 0.1) is 5.82 Å². The lowest BCUT2D eigenvalue weighted by Crippen LogP contribution is -2.35. The van der Waals surface area contributed by atoms with E-state index in [-0.39, 0.29) is 11.7 Å². The largest absolute Gasteiger partial charge is 0.487 e. The van der Waals surface area contributed by atoms with Crippen LogP contribution >= 0.6 is 11.3 Å². The number of rotatable bonds is 5. The van der Waals surface area contributed by atoms with E-state index in [1.54, 1.807) is 11.6 Å². The zero-order chi connectivity index (χ0) is 19.3. The van der Waals surface area contributed by atoms with Gasteiger partial charge in [0.1, 0.15) is 18.2 Å². The maximum atomic E-state index is 14.2. The molecule has 0 saturated carbocycles. The lowest BCUT2D eigenvalue weighted by molar-refractivity contribution is 0.0724. The molecule has 6 heteroatoms. The Morgan fingerprint density at radius 2 is 1.96 bits per heavy atom. The summed E-state index contributed by atoms with van der Waals surface area (Å²) >= 11 is 1.49. The summed E-state index contributed by atoms with van der Waals surface area (Å²) in [5.74, 6) is 0.104. The van der Waals surface area contributed by atoms with Crippen LogP contribution in [0.15, 0.2) is 53.4 Å². The summed E-state index contributed by atoms with van der Waals surface area (Å²) in [6.07, 6.45) is 3.28. The molecular weight excluding hydrogens is 375 g/mol.